The third-order valence-electron chi connectivity index (χ3n) is 2.44. The zero-order chi connectivity index (χ0) is 12.0. The van der Waals surface area contributed by atoms with Crippen LogP contribution in [0.4, 0.5) is 0 Å². The lowest BCUT2D eigenvalue weighted by Crippen LogP contribution is -2.44. The van der Waals surface area contributed by atoms with Gasteiger partial charge in [-0.3, -0.25) is 9.59 Å². The summed E-state index contributed by atoms with van der Waals surface area (Å²) >= 11 is 0. The van der Waals surface area contributed by atoms with Gasteiger partial charge in [0.1, 0.15) is 0 Å². The molecule has 0 aromatic rings. The molecule has 0 radical (unpaired) electrons. The van der Waals surface area contributed by atoms with Gasteiger partial charge in [0.05, 0.1) is 12.0 Å². The predicted octanol–water partition coefficient (Wildman–Crippen LogP) is 0.0673. The van der Waals surface area contributed by atoms with Gasteiger partial charge in [-0.05, 0) is 19.9 Å². The Hall–Kier alpha value is -1.10. The van der Waals surface area contributed by atoms with Gasteiger partial charge in [-0.25, -0.2) is 0 Å². The summed E-state index contributed by atoms with van der Waals surface area (Å²) in [6.07, 6.45) is 0. The van der Waals surface area contributed by atoms with Crippen molar-refractivity contribution < 1.29 is 14.7 Å². The van der Waals surface area contributed by atoms with E-state index in [2.05, 4.69) is 10.6 Å². The van der Waals surface area contributed by atoms with Crippen LogP contribution in [0.25, 0.3) is 0 Å². The van der Waals surface area contributed by atoms with Crippen LogP contribution in [-0.2, 0) is 9.59 Å². The molecule has 3 N–H and O–H groups in total. The standard InChI is InChI=1S/C10H20N2O3/c1-6(2)8(10(14)15)5-12-9(13)7(3)11-4/h6-8,11H,5H2,1-4H3,(H,12,13)(H,14,15). The summed E-state index contributed by atoms with van der Waals surface area (Å²) < 4.78 is 0. The number of nitrogens with one attached hydrogen (secondary N) is 2. The molecule has 0 bridgehead atoms. The van der Waals surface area contributed by atoms with Crippen LogP contribution in [-0.4, -0.2) is 36.6 Å². The Morgan fingerprint density at radius 3 is 2.13 bits per heavy atom. The fourth-order valence-electron chi connectivity index (χ4n) is 1.10. The smallest absolute Gasteiger partial charge is 0.308 e. The minimum atomic E-state index is -0.873. The molecule has 0 rings (SSSR count). The molecule has 2 unspecified atom stereocenters. The number of carbonyl (C=O) groups excluding carboxylic acids is 1. The normalized spacial score (nSPS) is 14.7. The maximum absolute atomic E-state index is 11.4. The Morgan fingerprint density at radius 2 is 1.80 bits per heavy atom. The van der Waals surface area contributed by atoms with Crippen LogP contribution < -0.4 is 10.6 Å². The molecule has 5 heteroatoms. The lowest BCUT2D eigenvalue weighted by Gasteiger charge is -2.18. The molecule has 0 heterocycles. The zero-order valence-corrected chi connectivity index (χ0v) is 9.70. The van der Waals surface area contributed by atoms with E-state index in [9.17, 15) is 9.59 Å². The van der Waals surface area contributed by atoms with Crippen molar-refractivity contribution in [2.45, 2.75) is 26.8 Å². The van der Waals surface area contributed by atoms with Gasteiger partial charge in [-0.2, -0.15) is 0 Å². The van der Waals surface area contributed by atoms with Gasteiger partial charge in [0.15, 0.2) is 0 Å². The highest BCUT2D eigenvalue weighted by atomic mass is 16.4. The Kier molecular flexibility index (Phi) is 5.93. The van der Waals surface area contributed by atoms with Crippen molar-refractivity contribution in [2.75, 3.05) is 13.6 Å². The summed E-state index contributed by atoms with van der Waals surface area (Å²) in [5, 5.41) is 14.3. The van der Waals surface area contributed by atoms with Crippen LogP contribution in [0.1, 0.15) is 20.8 Å². The molecule has 2 atom stereocenters. The summed E-state index contributed by atoms with van der Waals surface area (Å²) in [6.45, 7) is 5.55. The van der Waals surface area contributed by atoms with Crippen molar-refractivity contribution >= 4 is 11.9 Å². The number of hydrogen-bond acceptors (Lipinski definition) is 3. The molecule has 0 aliphatic heterocycles. The number of carbonyl (C=O) groups is 2. The molecule has 0 aromatic carbocycles. The van der Waals surface area contributed by atoms with Crippen molar-refractivity contribution in [1.29, 1.82) is 0 Å². The molecule has 0 aliphatic carbocycles. The van der Waals surface area contributed by atoms with Gasteiger partial charge in [0.2, 0.25) is 5.91 Å². The van der Waals surface area contributed by atoms with Crippen molar-refractivity contribution in [3.05, 3.63) is 0 Å². The summed E-state index contributed by atoms with van der Waals surface area (Å²) in [7, 11) is 1.68. The molecule has 88 valence electrons. The topological polar surface area (TPSA) is 78.4 Å². The van der Waals surface area contributed by atoms with Crippen LogP contribution in [0.5, 0.6) is 0 Å². The number of hydrogen-bond donors (Lipinski definition) is 3. The number of likely N-dealkylation sites (N-methyl/N-ethyl adjacent to an activating group) is 1. The average molecular weight is 216 g/mol. The first kappa shape index (κ1) is 13.9. The third kappa shape index (κ3) is 4.78. The van der Waals surface area contributed by atoms with E-state index in [1.807, 2.05) is 13.8 Å². The number of rotatable bonds is 6. The SMILES string of the molecule is CNC(C)C(=O)NCC(C(=O)O)C(C)C. The minimum absolute atomic E-state index is 0.00712. The first-order valence-electron chi connectivity index (χ1n) is 5.08. The number of carboxylic acid groups (broad SMARTS) is 1. The molecule has 0 aliphatic rings. The largest absolute Gasteiger partial charge is 0.481 e. The highest BCUT2D eigenvalue weighted by molar-refractivity contribution is 5.82. The van der Waals surface area contributed by atoms with Gasteiger partial charge >= 0.3 is 5.97 Å². The van der Waals surface area contributed by atoms with Crippen molar-refractivity contribution in [3.63, 3.8) is 0 Å². The molecule has 0 aromatic heterocycles. The van der Waals surface area contributed by atoms with Gasteiger partial charge < -0.3 is 15.7 Å². The summed E-state index contributed by atoms with van der Waals surface area (Å²) in [4.78, 5) is 22.2. The molecule has 15 heavy (non-hydrogen) atoms. The Labute approximate surface area is 90.2 Å². The molecule has 0 fully saturated rings. The first-order valence-corrected chi connectivity index (χ1v) is 5.08. The van der Waals surface area contributed by atoms with Crippen LogP contribution in [0.2, 0.25) is 0 Å². The van der Waals surface area contributed by atoms with Crippen LogP contribution in [0.15, 0.2) is 0 Å². The Morgan fingerprint density at radius 1 is 1.27 bits per heavy atom. The van der Waals surface area contributed by atoms with Crippen molar-refractivity contribution in [2.24, 2.45) is 11.8 Å². The molecule has 5 nitrogen and oxygen atoms in total. The fraction of sp³-hybridized carbons (Fsp3) is 0.800. The second-order valence-electron chi connectivity index (χ2n) is 3.94. The quantitative estimate of drug-likeness (QED) is 0.587. The monoisotopic (exact) mass is 216 g/mol. The van der Waals surface area contributed by atoms with E-state index in [1.54, 1.807) is 14.0 Å². The highest BCUT2D eigenvalue weighted by Gasteiger charge is 2.22. The zero-order valence-electron chi connectivity index (χ0n) is 9.70. The van der Waals surface area contributed by atoms with E-state index in [0.717, 1.165) is 0 Å². The minimum Gasteiger partial charge on any atom is -0.481 e. The Balaban J connectivity index is 4.11. The molecule has 0 saturated heterocycles. The molecule has 0 spiro atoms. The van der Waals surface area contributed by atoms with Gasteiger partial charge in [0, 0.05) is 6.54 Å². The summed E-state index contributed by atoms with van der Waals surface area (Å²) in [5.74, 6) is -1.57. The summed E-state index contributed by atoms with van der Waals surface area (Å²) in [6, 6.07) is -0.299. The van der Waals surface area contributed by atoms with E-state index in [1.165, 1.54) is 0 Å². The fourth-order valence-corrected chi connectivity index (χ4v) is 1.10. The van der Waals surface area contributed by atoms with E-state index in [0.29, 0.717) is 0 Å². The second kappa shape index (κ2) is 6.40. The van der Waals surface area contributed by atoms with E-state index < -0.39 is 11.9 Å². The lowest BCUT2D eigenvalue weighted by atomic mass is 9.96. The van der Waals surface area contributed by atoms with Gasteiger partial charge in [0.25, 0.3) is 0 Å². The predicted molar refractivity (Wildman–Crippen MR) is 57.5 cm³/mol. The lowest BCUT2D eigenvalue weighted by molar-refractivity contribution is -0.143. The van der Waals surface area contributed by atoms with E-state index in [4.69, 9.17) is 5.11 Å². The van der Waals surface area contributed by atoms with Crippen LogP contribution in [0.3, 0.4) is 0 Å². The van der Waals surface area contributed by atoms with Crippen molar-refractivity contribution in [1.82, 2.24) is 10.6 Å². The van der Waals surface area contributed by atoms with E-state index >= 15 is 0 Å². The van der Waals surface area contributed by atoms with Crippen molar-refractivity contribution in [3.8, 4) is 0 Å². The average Bonchev–Trinajstić information content (AvgIpc) is 2.15. The molecular formula is C10H20N2O3. The van der Waals surface area contributed by atoms with Gasteiger partial charge in [-0.15, -0.1) is 0 Å². The maximum atomic E-state index is 11.4. The van der Waals surface area contributed by atoms with Crippen LogP contribution in [0, 0.1) is 11.8 Å². The second-order valence-corrected chi connectivity index (χ2v) is 3.94. The Bertz CT molecular complexity index is 229. The number of aliphatic carboxylic acids is 1. The highest BCUT2D eigenvalue weighted by Crippen LogP contribution is 2.09. The third-order valence-corrected chi connectivity index (χ3v) is 2.44. The van der Waals surface area contributed by atoms with Crippen LogP contribution >= 0.6 is 0 Å². The number of amides is 1. The molecular weight excluding hydrogens is 196 g/mol. The molecule has 0 saturated carbocycles. The summed E-state index contributed by atoms with van der Waals surface area (Å²) in [5.41, 5.74) is 0. The first-order chi connectivity index (χ1) is 6.90. The maximum Gasteiger partial charge on any atom is 0.308 e. The van der Waals surface area contributed by atoms with E-state index in [-0.39, 0.29) is 24.4 Å². The van der Waals surface area contributed by atoms with Gasteiger partial charge in [-0.1, -0.05) is 13.8 Å². The number of carboxylic acids is 1. The molecule has 1 amide bonds.